The summed E-state index contributed by atoms with van der Waals surface area (Å²) in [4.78, 5) is 3.53. The van der Waals surface area contributed by atoms with Gasteiger partial charge in [0.25, 0.3) is 0 Å². The molecule has 1 saturated heterocycles. The summed E-state index contributed by atoms with van der Waals surface area (Å²) in [6.45, 7) is 1.10. The van der Waals surface area contributed by atoms with Gasteiger partial charge in [-0.15, -0.1) is 0 Å². The molecule has 1 heterocycles. The van der Waals surface area contributed by atoms with Crippen LogP contribution < -0.4 is 4.90 Å². The van der Waals surface area contributed by atoms with Crippen LogP contribution in [0.1, 0.15) is 18.4 Å². The van der Waals surface area contributed by atoms with Crippen LogP contribution in [0.3, 0.4) is 0 Å². The first-order valence-electron chi connectivity index (χ1n) is 7.61. The largest absolute Gasteiger partial charge is 0.375 e. The molecule has 1 atom stereocenters. The fourth-order valence-electron chi connectivity index (χ4n) is 2.96. The van der Waals surface area contributed by atoms with Crippen molar-refractivity contribution in [2.75, 3.05) is 38.7 Å². The number of morpholine rings is 1. The molecule has 2 aliphatic rings. The number of alkyl halides is 2. The maximum atomic E-state index is 14.8. The molecule has 0 amide bonds. The van der Waals surface area contributed by atoms with Gasteiger partial charge < -0.3 is 9.64 Å². The number of ether oxygens (including phenoxy) is 1. The van der Waals surface area contributed by atoms with Crippen molar-refractivity contribution in [3.63, 3.8) is 0 Å². The lowest BCUT2D eigenvalue weighted by Crippen LogP contribution is -2.50. The van der Waals surface area contributed by atoms with E-state index < -0.39 is 23.4 Å². The normalized spacial score (nSPS) is 23.6. The summed E-state index contributed by atoms with van der Waals surface area (Å²) in [5.74, 6) is -4.21. The second kappa shape index (κ2) is 5.74. The predicted molar refractivity (Wildman–Crippen MR) is 79.0 cm³/mol. The first-order chi connectivity index (χ1) is 10.4. The standard InChI is InChI=1S/C16H21F3N2O/c1-20(2)13-5-3-4-12(15(13)17)16(18,19)14-10-21(8-9-22-14)11-6-7-11/h3-5,11,14H,6-10H2,1-2H3. The van der Waals surface area contributed by atoms with Crippen LogP contribution in [0, 0.1) is 5.82 Å². The summed E-state index contributed by atoms with van der Waals surface area (Å²) in [5.41, 5.74) is -0.423. The average molecular weight is 314 g/mol. The first-order valence-corrected chi connectivity index (χ1v) is 7.61. The van der Waals surface area contributed by atoms with Crippen LogP contribution in [0.25, 0.3) is 0 Å². The second-order valence-electron chi connectivity index (χ2n) is 6.24. The van der Waals surface area contributed by atoms with Crippen molar-refractivity contribution in [2.24, 2.45) is 0 Å². The van der Waals surface area contributed by atoms with Crippen LogP contribution >= 0.6 is 0 Å². The minimum Gasteiger partial charge on any atom is -0.375 e. The Bertz CT molecular complexity index is 546. The van der Waals surface area contributed by atoms with Crippen molar-refractivity contribution in [1.82, 2.24) is 4.90 Å². The zero-order valence-corrected chi connectivity index (χ0v) is 12.9. The van der Waals surface area contributed by atoms with E-state index in [2.05, 4.69) is 0 Å². The fraction of sp³-hybridized carbons (Fsp3) is 0.625. The molecule has 1 aliphatic carbocycles. The van der Waals surface area contributed by atoms with Gasteiger partial charge in [-0.1, -0.05) is 6.07 Å². The van der Waals surface area contributed by atoms with E-state index in [0.717, 1.165) is 18.9 Å². The lowest BCUT2D eigenvalue weighted by Gasteiger charge is -2.37. The molecule has 1 aromatic rings. The number of benzene rings is 1. The Kier molecular flexibility index (Phi) is 4.07. The van der Waals surface area contributed by atoms with Crippen molar-refractivity contribution in [3.05, 3.63) is 29.6 Å². The highest BCUT2D eigenvalue weighted by molar-refractivity contribution is 5.50. The minimum absolute atomic E-state index is 0.156. The number of rotatable bonds is 4. The average Bonchev–Trinajstić information content (AvgIpc) is 3.31. The van der Waals surface area contributed by atoms with Crippen molar-refractivity contribution in [3.8, 4) is 0 Å². The summed E-state index contributed by atoms with van der Waals surface area (Å²) in [7, 11) is 3.26. The monoisotopic (exact) mass is 314 g/mol. The van der Waals surface area contributed by atoms with E-state index in [1.807, 2.05) is 4.90 Å². The molecule has 0 N–H and O–H groups in total. The quantitative estimate of drug-likeness (QED) is 0.850. The van der Waals surface area contributed by atoms with E-state index in [9.17, 15) is 13.2 Å². The molecule has 122 valence electrons. The van der Waals surface area contributed by atoms with Crippen molar-refractivity contribution in [1.29, 1.82) is 0 Å². The molecule has 0 spiro atoms. The lowest BCUT2D eigenvalue weighted by atomic mass is 10.00. The molecule has 0 aromatic heterocycles. The number of halogens is 3. The molecular formula is C16H21F3N2O. The van der Waals surface area contributed by atoms with Crippen molar-refractivity contribution in [2.45, 2.75) is 30.9 Å². The Labute approximate surface area is 128 Å². The zero-order valence-electron chi connectivity index (χ0n) is 12.9. The van der Waals surface area contributed by atoms with Gasteiger partial charge in [-0.25, -0.2) is 4.39 Å². The second-order valence-corrected chi connectivity index (χ2v) is 6.24. The van der Waals surface area contributed by atoms with Gasteiger partial charge >= 0.3 is 5.92 Å². The molecule has 1 aromatic carbocycles. The summed E-state index contributed by atoms with van der Waals surface area (Å²) in [5, 5.41) is 0. The van der Waals surface area contributed by atoms with E-state index in [1.165, 1.54) is 17.0 Å². The highest BCUT2D eigenvalue weighted by Gasteiger charge is 2.48. The Balaban J connectivity index is 1.87. The predicted octanol–water partition coefficient (Wildman–Crippen LogP) is 2.85. The molecule has 2 fully saturated rings. The Hall–Kier alpha value is -1.27. The van der Waals surface area contributed by atoms with Gasteiger partial charge in [0.05, 0.1) is 17.9 Å². The van der Waals surface area contributed by atoms with Crippen LogP contribution in [0.2, 0.25) is 0 Å². The first kappa shape index (κ1) is 15.6. The van der Waals surface area contributed by atoms with Crippen LogP contribution in [0.4, 0.5) is 18.9 Å². The maximum absolute atomic E-state index is 14.8. The third-order valence-electron chi connectivity index (χ3n) is 4.38. The van der Waals surface area contributed by atoms with Gasteiger partial charge in [-0.2, -0.15) is 8.78 Å². The smallest absolute Gasteiger partial charge is 0.302 e. The molecule has 1 saturated carbocycles. The Morgan fingerprint density at radius 2 is 2.00 bits per heavy atom. The summed E-state index contributed by atoms with van der Waals surface area (Å²) < 4.78 is 49.3. The molecule has 6 heteroatoms. The number of nitrogens with zero attached hydrogens (tertiary/aromatic N) is 2. The van der Waals surface area contributed by atoms with E-state index in [4.69, 9.17) is 4.74 Å². The number of hydrogen-bond acceptors (Lipinski definition) is 3. The van der Waals surface area contributed by atoms with Crippen LogP contribution in [-0.4, -0.2) is 50.8 Å². The van der Waals surface area contributed by atoms with Gasteiger partial charge in [0, 0.05) is 33.2 Å². The SMILES string of the molecule is CN(C)c1cccc(C(F)(F)C2CN(C3CC3)CCO2)c1F. The highest BCUT2D eigenvalue weighted by atomic mass is 19.3. The third-order valence-corrected chi connectivity index (χ3v) is 4.38. The van der Waals surface area contributed by atoms with Crippen LogP contribution in [0.5, 0.6) is 0 Å². The van der Waals surface area contributed by atoms with E-state index in [-0.39, 0.29) is 18.8 Å². The third kappa shape index (κ3) is 2.82. The van der Waals surface area contributed by atoms with E-state index in [0.29, 0.717) is 12.6 Å². The summed E-state index contributed by atoms with van der Waals surface area (Å²) >= 11 is 0. The molecular weight excluding hydrogens is 293 g/mol. The van der Waals surface area contributed by atoms with Crippen LogP contribution in [-0.2, 0) is 10.7 Å². The van der Waals surface area contributed by atoms with Gasteiger partial charge in [0.15, 0.2) is 5.82 Å². The lowest BCUT2D eigenvalue weighted by molar-refractivity contribution is -0.174. The molecule has 0 radical (unpaired) electrons. The molecule has 0 bridgehead atoms. The van der Waals surface area contributed by atoms with Crippen molar-refractivity contribution >= 4 is 5.69 Å². The van der Waals surface area contributed by atoms with Gasteiger partial charge in [0.1, 0.15) is 6.10 Å². The maximum Gasteiger partial charge on any atom is 0.302 e. The van der Waals surface area contributed by atoms with E-state index in [1.54, 1.807) is 14.1 Å². The van der Waals surface area contributed by atoms with Gasteiger partial charge in [-0.3, -0.25) is 4.90 Å². The highest BCUT2D eigenvalue weighted by Crippen LogP contribution is 2.40. The molecule has 3 nitrogen and oxygen atoms in total. The molecule has 1 aliphatic heterocycles. The van der Waals surface area contributed by atoms with Gasteiger partial charge in [-0.05, 0) is 25.0 Å². The van der Waals surface area contributed by atoms with Crippen LogP contribution in [0.15, 0.2) is 18.2 Å². The minimum atomic E-state index is -3.34. The number of anilines is 1. The zero-order chi connectivity index (χ0) is 15.9. The van der Waals surface area contributed by atoms with E-state index >= 15 is 0 Å². The Morgan fingerprint density at radius 1 is 1.27 bits per heavy atom. The van der Waals surface area contributed by atoms with Crippen molar-refractivity contribution < 1.29 is 17.9 Å². The van der Waals surface area contributed by atoms with Gasteiger partial charge in [0.2, 0.25) is 0 Å². The topological polar surface area (TPSA) is 15.7 Å². The Morgan fingerprint density at radius 3 is 2.64 bits per heavy atom. The summed E-state index contributed by atoms with van der Waals surface area (Å²) in [6, 6.07) is 4.51. The molecule has 22 heavy (non-hydrogen) atoms. The molecule has 1 unspecified atom stereocenters. The summed E-state index contributed by atoms with van der Waals surface area (Å²) in [6.07, 6.45) is 0.819. The molecule has 3 rings (SSSR count). The fourth-order valence-corrected chi connectivity index (χ4v) is 2.96. The number of hydrogen-bond donors (Lipinski definition) is 0.